The Morgan fingerprint density at radius 2 is 1.64 bits per heavy atom. The van der Waals surface area contributed by atoms with Crippen molar-refractivity contribution in [3.8, 4) is 0 Å². The molecule has 2 N–H and O–H groups in total. The fourth-order valence-electron chi connectivity index (χ4n) is 2.28. The molecule has 0 aliphatic carbocycles. The van der Waals surface area contributed by atoms with E-state index in [0.717, 1.165) is 4.31 Å². The first-order valence-electron chi connectivity index (χ1n) is 7.45. The van der Waals surface area contributed by atoms with Crippen molar-refractivity contribution < 1.29 is 28.2 Å². The third-order valence-electron chi connectivity index (χ3n) is 3.46. The molecular weight excluding hydrogens is 346 g/mol. The van der Waals surface area contributed by atoms with Gasteiger partial charge in [-0.3, -0.25) is 9.10 Å². The van der Waals surface area contributed by atoms with Crippen LogP contribution < -0.4 is 4.31 Å². The summed E-state index contributed by atoms with van der Waals surface area (Å²) in [6.07, 6.45) is -0.0991. The van der Waals surface area contributed by atoms with E-state index in [1.165, 1.54) is 36.4 Å². The number of benzene rings is 2. The van der Waals surface area contributed by atoms with Gasteiger partial charge >= 0.3 is 11.9 Å². The molecule has 8 heteroatoms. The minimum absolute atomic E-state index is 0.0473. The van der Waals surface area contributed by atoms with Crippen LogP contribution in [0.25, 0.3) is 0 Å². The average molecular weight is 363 g/mol. The number of anilines is 1. The van der Waals surface area contributed by atoms with E-state index in [0.29, 0.717) is 0 Å². The van der Waals surface area contributed by atoms with Crippen molar-refractivity contribution in [1.29, 1.82) is 0 Å². The monoisotopic (exact) mass is 363 g/mol. The number of nitrogens with zero attached hydrogens (tertiary/aromatic N) is 1. The van der Waals surface area contributed by atoms with Gasteiger partial charge in [-0.1, -0.05) is 24.3 Å². The number of rotatable bonds is 8. The maximum absolute atomic E-state index is 12.9. The number of aliphatic carboxylic acids is 1. The molecular formula is C17H17NO6S. The van der Waals surface area contributed by atoms with Crippen molar-refractivity contribution in [3.05, 3.63) is 60.2 Å². The van der Waals surface area contributed by atoms with Gasteiger partial charge in [-0.2, -0.15) is 0 Å². The molecule has 2 aromatic rings. The van der Waals surface area contributed by atoms with Crippen LogP contribution in [-0.4, -0.2) is 37.1 Å². The van der Waals surface area contributed by atoms with Crippen LogP contribution in [0.3, 0.4) is 0 Å². The molecule has 0 atom stereocenters. The van der Waals surface area contributed by atoms with Crippen molar-refractivity contribution >= 4 is 27.6 Å². The first kappa shape index (κ1) is 18.5. The Labute approximate surface area is 145 Å². The van der Waals surface area contributed by atoms with Crippen LogP contribution >= 0.6 is 0 Å². The number of carboxylic acid groups (broad SMARTS) is 2. The van der Waals surface area contributed by atoms with Crippen LogP contribution in [-0.2, 0) is 14.8 Å². The molecule has 0 aliphatic rings. The summed E-state index contributed by atoms with van der Waals surface area (Å²) in [5, 5.41) is 17.9. The van der Waals surface area contributed by atoms with E-state index >= 15 is 0 Å². The van der Waals surface area contributed by atoms with Gasteiger partial charge in [-0.25, -0.2) is 13.2 Å². The molecule has 0 heterocycles. The zero-order chi connectivity index (χ0) is 18.4. The summed E-state index contributed by atoms with van der Waals surface area (Å²) in [4.78, 5) is 21.9. The zero-order valence-corrected chi connectivity index (χ0v) is 14.0. The second-order valence-electron chi connectivity index (χ2n) is 5.24. The normalized spacial score (nSPS) is 11.0. The lowest BCUT2D eigenvalue weighted by Crippen LogP contribution is -2.32. The Morgan fingerprint density at radius 1 is 0.960 bits per heavy atom. The van der Waals surface area contributed by atoms with Gasteiger partial charge in [-0.05, 0) is 36.8 Å². The molecule has 0 fully saturated rings. The fourth-order valence-corrected chi connectivity index (χ4v) is 3.79. The molecule has 0 amide bonds. The van der Waals surface area contributed by atoms with E-state index in [2.05, 4.69) is 0 Å². The molecule has 132 valence electrons. The topological polar surface area (TPSA) is 112 Å². The van der Waals surface area contributed by atoms with Gasteiger partial charge in [0.25, 0.3) is 10.0 Å². The van der Waals surface area contributed by atoms with Crippen molar-refractivity contribution in [2.75, 3.05) is 10.8 Å². The summed E-state index contributed by atoms with van der Waals surface area (Å²) in [6, 6.07) is 13.2. The van der Waals surface area contributed by atoms with E-state index in [9.17, 15) is 18.0 Å². The number of hydrogen-bond acceptors (Lipinski definition) is 4. The lowest BCUT2D eigenvalue weighted by molar-refractivity contribution is -0.137. The van der Waals surface area contributed by atoms with Gasteiger partial charge in [0.2, 0.25) is 0 Å². The SMILES string of the molecule is O=C(O)CCCN(c1cccc(C(=O)O)c1)S(=O)(=O)c1ccccc1. The molecule has 0 aromatic heterocycles. The van der Waals surface area contributed by atoms with Crippen LogP contribution in [0.1, 0.15) is 23.2 Å². The van der Waals surface area contributed by atoms with Gasteiger partial charge in [0.1, 0.15) is 0 Å². The van der Waals surface area contributed by atoms with E-state index in [1.54, 1.807) is 18.2 Å². The highest BCUT2D eigenvalue weighted by atomic mass is 32.2. The van der Waals surface area contributed by atoms with Crippen LogP contribution in [0.4, 0.5) is 5.69 Å². The van der Waals surface area contributed by atoms with E-state index in [-0.39, 0.29) is 35.5 Å². The molecule has 0 radical (unpaired) electrons. The van der Waals surface area contributed by atoms with Crippen molar-refractivity contribution in [3.63, 3.8) is 0 Å². The largest absolute Gasteiger partial charge is 0.481 e. The lowest BCUT2D eigenvalue weighted by Gasteiger charge is -2.24. The van der Waals surface area contributed by atoms with Crippen LogP contribution in [0.5, 0.6) is 0 Å². The van der Waals surface area contributed by atoms with Crippen molar-refractivity contribution in [1.82, 2.24) is 0 Å². The van der Waals surface area contributed by atoms with Gasteiger partial charge in [-0.15, -0.1) is 0 Å². The third kappa shape index (κ3) is 4.57. The fraction of sp³-hybridized carbons (Fsp3) is 0.176. The molecule has 0 aliphatic heterocycles. The molecule has 2 rings (SSSR count). The Morgan fingerprint density at radius 3 is 2.24 bits per heavy atom. The minimum atomic E-state index is -3.95. The second-order valence-corrected chi connectivity index (χ2v) is 7.11. The maximum atomic E-state index is 12.9. The van der Waals surface area contributed by atoms with Crippen molar-refractivity contribution in [2.24, 2.45) is 0 Å². The van der Waals surface area contributed by atoms with Crippen LogP contribution in [0.2, 0.25) is 0 Å². The van der Waals surface area contributed by atoms with E-state index < -0.39 is 22.0 Å². The number of aromatic carboxylic acids is 1. The number of hydrogen-bond donors (Lipinski definition) is 2. The van der Waals surface area contributed by atoms with E-state index in [4.69, 9.17) is 10.2 Å². The number of sulfonamides is 1. The third-order valence-corrected chi connectivity index (χ3v) is 5.31. The quantitative estimate of drug-likeness (QED) is 0.745. The summed E-state index contributed by atoms with van der Waals surface area (Å²) < 4.78 is 26.9. The predicted molar refractivity (Wildman–Crippen MR) is 91.2 cm³/mol. The smallest absolute Gasteiger partial charge is 0.335 e. The molecule has 0 saturated heterocycles. The number of carbonyl (C=O) groups is 2. The Balaban J connectivity index is 2.44. The maximum Gasteiger partial charge on any atom is 0.335 e. The molecule has 2 aromatic carbocycles. The van der Waals surface area contributed by atoms with Gasteiger partial charge < -0.3 is 10.2 Å². The molecule has 0 bridgehead atoms. The Kier molecular flexibility index (Phi) is 5.76. The van der Waals surface area contributed by atoms with Gasteiger partial charge in [0.15, 0.2) is 0 Å². The predicted octanol–water partition coefficient (Wildman–Crippen LogP) is 2.44. The van der Waals surface area contributed by atoms with Gasteiger partial charge in [0.05, 0.1) is 16.1 Å². The second kappa shape index (κ2) is 7.80. The minimum Gasteiger partial charge on any atom is -0.481 e. The van der Waals surface area contributed by atoms with Crippen LogP contribution in [0.15, 0.2) is 59.5 Å². The summed E-state index contributed by atoms with van der Waals surface area (Å²) in [5.41, 5.74) is 0.123. The molecule has 0 spiro atoms. The average Bonchev–Trinajstić information content (AvgIpc) is 2.59. The Hall–Kier alpha value is -2.87. The molecule has 7 nitrogen and oxygen atoms in total. The summed E-state index contributed by atoms with van der Waals surface area (Å²) >= 11 is 0. The molecule has 0 saturated carbocycles. The lowest BCUT2D eigenvalue weighted by atomic mass is 10.2. The van der Waals surface area contributed by atoms with E-state index in [1.807, 2.05) is 0 Å². The summed E-state index contributed by atoms with van der Waals surface area (Å²) in [6.45, 7) is -0.0768. The van der Waals surface area contributed by atoms with Gasteiger partial charge in [0, 0.05) is 13.0 Å². The first-order valence-corrected chi connectivity index (χ1v) is 8.89. The molecule has 25 heavy (non-hydrogen) atoms. The zero-order valence-electron chi connectivity index (χ0n) is 13.2. The molecule has 0 unspecified atom stereocenters. The first-order chi connectivity index (χ1) is 11.8. The van der Waals surface area contributed by atoms with Crippen LogP contribution in [0, 0.1) is 0 Å². The number of carboxylic acids is 2. The summed E-state index contributed by atoms with van der Waals surface area (Å²) in [5.74, 6) is -2.21. The Bertz CT molecular complexity index is 864. The highest BCUT2D eigenvalue weighted by Gasteiger charge is 2.25. The highest BCUT2D eigenvalue weighted by molar-refractivity contribution is 7.92. The summed E-state index contributed by atoms with van der Waals surface area (Å²) in [7, 11) is -3.95. The standard InChI is InChI=1S/C17H17NO6S/c19-16(20)10-5-11-18(14-7-4-6-13(12-14)17(21)22)25(23,24)15-8-2-1-3-9-15/h1-4,6-9,12H,5,10-11H2,(H,19,20)(H,21,22). The highest BCUT2D eigenvalue weighted by Crippen LogP contribution is 2.25. The van der Waals surface area contributed by atoms with Crippen molar-refractivity contribution in [2.45, 2.75) is 17.7 Å².